The number of nitrogens with one attached hydrogen (secondary N) is 1. The number of hydrogen-bond acceptors (Lipinski definition) is 7. The predicted octanol–water partition coefficient (Wildman–Crippen LogP) is 3.87. The van der Waals surface area contributed by atoms with Crippen molar-refractivity contribution in [3.8, 4) is 11.4 Å². The summed E-state index contributed by atoms with van der Waals surface area (Å²) >= 11 is 0. The topological polar surface area (TPSA) is 122 Å². The summed E-state index contributed by atoms with van der Waals surface area (Å²) in [6, 6.07) is 13.0. The molecule has 36 heavy (non-hydrogen) atoms. The summed E-state index contributed by atoms with van der Waals surface area (Å²) < 4.78 is 7.21. The molecule has 0 saturated carbocycles. The Morgan fingerprint density at radius 1 is 1.14 bits per heavy atom. The van der Waals surface area contributed by atoms with E-state index in [0.29, 0.717) is 60.2 Å². The molecule has 9 nitrogen and oxygen atoms in total. The highest BCUT2D eigenvalue weighted by molar-refractivity contribution is 6.19. The molecule has 0 aliphatic carbocycles. The first-order valence-electron chi connectivity index (χ1n) is 11.9. The fraction of sp³-hybridized carbons (Fsp3) is 0.222. The number of phenolic OH excluding ortho intramolecular Hbond substituents is 1. The van der Waals surface area contributed by atoms with E-state index in [-0.39, 0.29) is 22.9 Å². The van der Waals surface area contributed by atoms with Crippen LogP contribution in [0, 0.1) is 13.8 Å². The lowest BCUT2D eigenvalue weighted by Crippen LogP contribution is -2.36. The van der Waals surface area contributed by atoms with Crippen molar-refractivity contribution in [3.63, 3.8) is 0 Å². The molecule has 6 rings (SSSR count). The fourth-order valence-corrected chi connectivity index (χ4v) is 4.95. The largest absolute Gasteiger partial charge is 0.508 e. The minimum atomic E-state index is -0.267. The number of nitrogens with two attached hydrogens (primary N) is 1. The number of rotatable bonds is 4. The van der Waals surface area contributed by atoms with Crippen LogP contribution < -0.4 is 10.6 Å². The van der Waals surface area contributed by atoms with Gasteiger partial charge in [-0.15, -0.1) is 0 Å². The fourth-order valence-electron chi connectivity index (χ4n) is 4.95. The first kappa shape index (κ1) is 22.1. The number of aromatic amines is 1. The number of anilines is 2. The third-order valence-electron chi connectivity index (χ3n) is 6.85. The minimum Gasteiger partial charge on any atom is -0.508 e. The van der Waals surface area contributed by atoms with Gasteiger partial charge in [0.15, 0.2) is 5.65 Å². The highest BCUT2D eigenvalue weighted by Gasteiger charge is 2.28. The summed E-state index contributed by atoms with van der Waals surface area (Å²) in [5.74, 6) is 0.761. The van der Waals surface area contributed by atoms with Gasteiger partial charge in [0.05, 0.1) is 36.4 Å². The monoisotopic (exact) mass is 482 g/mol. The van der Waals surface area contributed by atoms with Crippen molar-refractivity contribution < 1.29 is 14.6 Å². The number of aromatic hydroxyl groups is 1. The molecule has 4 heterocycles. The SMILES string of the molecule is Cc1ccc(O)c(C)c1-n1c(N)c(C(=O)c2cc3ccccc3[nH]2)c2nc(N3CCOCC3)cnc21. The summed E-state index contributed by atoms with van der Waals surface area (Å²) in [5, 5.41) is 11.4. The van der Waals surface area contributed by atoms with Crippen molar-refractivity contribution in [2.75, 3.05) is 36.9 Å². The number of aryl methyl sites for hydroxylation is 1. The van der Waals surface area contributed by atoms with Crippen LogP contribution in [0.1, 0.15) is 27.2 Å². The maximum absolute atomic E-state index is 13.9. The summed E-state index contributed by atoms with van der Waals surface area (Å²) in [4.78, 5) is 28.9. The van der Waals surface area contributed by atoms with Gasteiger partial charge in [0.1, 0.15) is 22.9 Å². The minimum absolute atomic E-state index is 0.137. The molecular weight excluding hydrogens is 456 g/mol. The van der Waals surface area contributed by atoms with Gasteiger partial charge >= 0.3 is 0 Å². The van der Waals surface area contributed by atoms with Crippen LogP contribution in [0.3, 0.4) is 0 Å². The Balaban J connectivity index is 1.61. The number of morpholine rings is 1. The van der Waals surface area contributed by atoms with Crippen LogP contribution in [0.15, 0.2) is 48.7 Å². The van der Waals surface area contributed by atoms with Gasteiger partial charge in [0, 0.05) is 29.6 Å². The normalized spacial score (nSPS) is 14.1. The molecule has 5 aromatic rings. The van der Waals surface area contributed by atoms with Crippen LogP contribution in [0.2, 0.25) is 0 Å². The number of benzene rings is 2. The van der Waals surface area contributed by atoms with E-state index in [1.54, 1.807) is 16.8 Å². The number of phenols is 1. The molecule has 0 spiro atoms. The molecule has 182 valence electrons. The molecule has 1 aliphatic rings. The first-order valence-corrected chi connectivity index (χ1v) is 11.9. The Bertz CT molecular complexity index is 1610. The van der Waals surface area contributed by atoms with E-state index in [2.05, 4.69) is 9.88 Å². The molecule has 4 N–H and O–H groups in total. The third-order valence-corrected chi connectivity index (χ3v) is 6.85. The number of nitrogens with zero attached hydrogens (tertiary/aromatic N) is 4. The van der Waals surface area contributed by atoms with Crippen LogP contribution in [0.5, 0.6) is 5.75 Å². The lowest BCUT2D eigenvalue weighted by Gasteiger charge is -2.27. The summed E-state index contributed by atoms with van der Waals surface area (Å²) in [7, 11) is 0. The number of ketones is 1. The zero-order valence-electron chi connectivity index (χ0n) is 20.1. The molecule has 1 fully saturated rings. The van der Waals surface area contributed by atoms with Gasteiger partial charge in [-0.2, -0.15) is 0 Å². The van der Waals surface area contributed by atoms with Gasteiger partial charge in [0.2, 0.25) is 5.78 Å². The third kappa shape index (κ3) is 3.39. The average Bonchev–Trinajstić information content (AvgIpc) is 3.45. The van der Waals surface area contributed by atoms with Crippen molar-refractivity contribution in [2.24, 2.45) is 0 Å². The van der Waals surface area contributed by atoms with E-state index < -0.39 is 0 Å². The zero-order chi connectivity index (χ0) is 25.0. The highest BCUT2D eigenvalue weighted by atomic mass is 16.5. The van der Waals surface area contributed by atoms with Gasteiger partial charge in [0.25, 0.3) is 0 Å². The molecule has 3 aromatic heterocycles. The van der Waals surface area contributed by atoms with Crippen LogP contribution in [0.25, 0.3) is 27.8 Å². The van der Waals surface area contributed by atoms with Crippen LogP contribution in [0.4, 0.5) is 11.6 Å². The van der Waals surface area contributed by atoms with E-state index >= 15 is 0 Å². The standard InChI is InChI=1S/C27H26N6O3/c1-15-7-8-20(34)16(2)24(15)33-26(28)22(25(35)19-13-17-5-3-4-6-18(17)30-19)23-27(33)29-14-21(31-23)32-9-11-36-12-10-32/h3-8,13-14,30,34H,9-12,28H2,1-2H3. The number of carbonyl (C=O) groups excluding carboxylic acids is 1. The number of carbonyl (C=O) groups is 1. The summed E-state index contributed by atoms with van der Waals surface area (Å²) in [6.45, 7) is 6.33. The molecule has 2 aromatic carbocycles. The molecule has 0 radical (unpaired) electrons. The lowest BCUT2D eigenvalue weighted by molar-refractivity contribution is 0.103. The number of nitrogen functional groups attached to an aromatic ring is 1. The second kappa shape index (κ2) is 8.39. The van der Waals surface area contributed by atoms with E-state index in [1.165, 1.54) is 0 Å². The van der Waals surface area contributed by atoms with Crippen molar-refractivity contribution in [3.05, 3.63) is 71.0 Å². The Morgan fingerprint density at radius 2 is 1.92 bits per heavy atom. The molecule has 0 amide bonds. The van der Waals surface area contributed by atoms with Crippen molar-refractivity contribution in [1.29, 1.82) is 0 Å². The molecule has 0 bridgehead atoms. The number of ether oxygens (including phenoxy) is 1. The van der Waals surface area contributed by atoms with Gasteiger partial charge in [-0.05, 0) is 37.6 Å². The Labute approximate surface area is 207 Å². The van der Waals surface area contributed by atoms with E-state index in [4.69, 9.17) is 20.4 Å². The highest BCUT2D eigenvalue weighted by Crippen LogP contribution is 2.37. The van der Waals surface area contributed by atoms with E-state index in [1.807, 2.05) is 50.2 Å². The first-order chi connectivity index (χ1) is 17.4. The predicted molar refractivity (Wildman–Crippen MR) is 139 cm³/mol. The smallest absolute Gasteiger partial charge is 0.215 e. The maximum atomic E-state index is 13.9. The Hall–Kier alpha value is -4.37. The van der Waals surface area contributed by atoms with E-state index in [9.17, 15) is 9.90 Å². The number of fused-ring (bicyclic) bond motifs is 2. The van der Waals surface area contributed by atoms with Gasteiger partial charge < -0.3 is 25.5 Å². The molecule has 1 aliphatic heterocycles. The van der Waals surface area contributed by atoms with Crippen LogP contribution in [-0.2, 0) is 4.74 Å². The van der Waals surface area contributed by atoms with Crippen molar-refractivity contribution >= 4 is 39.5 Å². The molecule has 0 atom stereocenters. The average molecular weight is 483 g/mol. The van der Waals surface area contributed by atoms with E-state index in [0.717, 1.165) is 16.5 Å². The molecular formula is C27H26N6O3. The van der Waals surface area contributed by atoms with Gasteiger partial charge in [-0.3, -0.25) is 9.36 Å². The van der Waals surface area contributed by atoms with Crippen LogP contribution >= 0.6 is 0 Å². The van der Waals surface area contributed by atoms with Gasteiger partial charge in [-0.25, -0.2) is 9.97 Å². The summed E-state index contributed by atoms with van der Waals surface area (Å²) in [6.07, 6.45) is 1.70. The number of aromatic nitrogens is 4. The molecule has 1 saturated heterocycles. The Kier molecular flexibility index (Phi) is 5.15. The van der Waals surface area contributed by atoms with Crippen LogP contribution in [-0.4, -0.2) is 56.7 Å². The number of para-hydroxylation sites is 1. The zero-order valence-corrected chi connectivity index (χ0v) is 20.1. The van der Waals surface area contributed by atoms with Crippen molar-refractivity contribution in [1.82, 2.24) is 19.5 Å². The second-order valence-electron chi connectivity index (χ2n) is 9.07. The number of hydrogen-bond donors (Lipinski definition) is 3. The van der Waals surface area contributed by atoms with Crippen molar-refractivity contribution in [2.45, 2.75) is 13.8 Å². The summed E-state index contributed by atoms with van der Waals surface area (Å²) in [5.41, 5.74) is 11.4. The van der Waals surface area contributed by atoms with Gasteiger partial charge in [-0.1, -0.05) is 24.3 Å². The molecule has 9 heteroatoms. The lowest BCUT2D eigenvalue weighted by atomic mass is 10.1. The Morgan fingerprint density at radius 3 is 2.69 bits per heavy atom. The molecule has 0 unspecified atom stereocenters. The quantitative estimate of drug-likeness (QED) is 0.332. The maximum Gasteiger partial charge on any atom is 0.215 e. The second-order valence-corrected chi connectivity index (χ2v) is 9.07. The number of H-pyrrole nitrogens is 1.